The lowest BCUT2D eigenvalue weighted by Crippen LogP contribution is -2.02. The summed E-state index contributed by atoms with van der Waals surface area (Å²) in [5, 5.41) is 0.0608. The Bertz CT molecular complexity index is 354. The van der Waals surface area contributed by atoms with Crippen LogP contribution >= 0.6 is 39.1 Å². The summed E-state index contributed by atoms with van der Waals surface area (Å²) < 4.78 is 12.9. The van der Waals surface area contributed by atoms with Gasteiger partial charge >= 0.3 is 0 Å². The van der Waals surface area contributed by atoms with Crippen LogP contribution in [0.5, 0.6) is 0 Å². The maximum atomic E-state index is 12.9. The lowest BCUT2D eigenvalue weighted by molar-refractivity contribution is 0.102. The van der Waals surface area contributed by atoms with Gasteiger partial charge in [-0.1, -0.05) is 11.6 Å². The van der Waals surface area contributed by atoms with Crippen molar-refractivity contribution >= 4 is 44.9 Å². The minimum absolute atomic E-state index is 0.0608. The highest BCUT2D eigenvalue weighted by Gasteiger charge is 2.14. The van der Waals surface area contributed by atoms with E-state index in [4.69, 9.17) is 23.2 Å². The molecule has 0 aliphatic carbocycles. The largest absolute Gasteiger partial charge is 0.293 e. The van der Waals surface area contributed by atoms with E-state index in [1.165, 1.54) is 6.07 Å². The van der Waals surface area contributed by atoms with E-state index in [1.54, 1.807) is 0 Å². The van der Waals surface area contributed by atoms with Gasteiger partial charge in [-0.3, -0.25) is 4.79 Å². The lowest BCUT2D eigenvalue weighted by atomic mass is 10.1. The molecule has 5 heteroatoms. The molecule has 1 rings (SSSR count). The summed E-state index contributed by atoms with van der Waals surface area (Å²) in [4.78, 5) is 11.1. The molecular weight excluding hydrogens is 282 g/mol. The van der Waals surface area contributed by atoms with Crippen LogP contribution in [0, 0.1) is 5.82 Å². The molecule has 0 aromatic heterocycles. The first kappa shape index (κ1) is 11.0. The quantitative estimate of drug-likeness (QED) is 0.460. The molecular formula is C8H4BrCl2FO. The summed E-state index contributed by atoms with van der Waals surface area (Å²) in [6.07, 6.45) is 0. The smallest absolute Gasteiger partial charge is 0.179 e. The van der Waals surface area contributed by atoms with Crippen LogP contribution in [0.15, 0.2) is 16.6 Å². The molecule has 1 nitrogen and oxygen atoms in total. The molecule has 0 unspecified atom stereocenters. The molecule has 1 aromatic rings. The van der Waals surface area contributed by atoms with E-state index in [0.29, 0.717) is 0 Å². The van der Waals surface area contributed by atoms with Crippen molar-refractivity contribution in [1.82, 2.24) is 0 Å². The molecule has 0 aliphatic rings. The Morgan fingerprint density at radius 3 is 2.69 bits per heavy atom. The van der Waals surface area contributed by atoms with Crippen LogP contribution in [0.4, 0.5) is 4.39 Å². The molecule has 0 radical (unpaired) electrons. The number of hydrogen-bond donors (Lipinski definition) is 0. The predicted octanol–water partition coefficient (Wildman–Crippen LogP) is 3.66. The van der Waals surface area contributed by atoms with E-state index in [-0.39, 0.29) is 26.7 Å². The second-order valence-corrected chi connectivity index (χ2v) is 3.72. The Morgan fingerprint density at radius 2 is 2.15 bits per heavy atom. The zero-order valence-electron chi connectivity index (χ0n) is 6.28. The zero-order valence-corrected chi connectivity index (χ0v) is 9.38. The van der Waals surface area contributed by atoms with Crippen LogP contribution in [-0.2, 0) is 0 Å². The van der Waals surface area contributed by atoms with Gasteiger partial charge in [0.1, 0.15) is 5.82 Å². The summed E-state index contributed by atoms with van der Waals surface area (Å²) in [5.41, 5.74) is 0.227. The van der Waals surface area contributed by atoms with Crippen molar-refractivity contribution in [2.24, 2.45) is 0 Å². The Morgan fingerprint density at radius 1 is 1.54 bits per heavy atom. The van der Waals surface area contributed by atoms with Crippen molar-refractivity contribution in [3.63, 3.8) is 0 Å². The molecule has 0 N–H and O–H groups in total. The highest BCUT2D eigenvalue weighted by atomic mass is 79.9. The first-order chi connectivity index (χ1) is 6.07. The Hall–Kier alpha value is -0.120. The minimum Gasteiger partial charge on any atom is -0.293 e. The number of carbonyl (C=O) groups is 1. The first-order valence-electron chi connectivity index (χ1n) is 3.30. The Balaban J connectivity index is 3.26. The average Bonchev–Trinajstić information content (AvgIpc) is 2.13. The Kier molecular flexibility index (Phi) is 3.71. The molecule has 0 saturated heterocycles. The zero-order chi connectivity index (χ0) is 10.0. The summed E-state index contributed by atoms with van der Waals surface area (Å²) in [6.45, 7) is 0. The Labute approximate surface area is 93.0 Å². The number of alkyl halides is 1. The number of halogens is 4. The van der Waals surface area contributed by atoms with Gasteiger partial charge in [-0.05, 0) is 28.1 Å². The third kappa shape index (κ3) is 2.22. The molecule has 0 saturated carbocycles. The topological polar surface area (TPSA) is 17.1 Å². The molecule has 0 bridgehead atoms. The number of benzene rings is 1. The molecule has 0 atom stereocenters. The first-order valence-corrected chi connectivity index (χ1v) is 5.01. The normalized spacial score (nSPS) is 10.2. The second-order valence-electron chi connectivity index (χ2n) is 2.28. The van der Waals surface area contributed by atoms with E-state index in [0.717, 1.165) is 6.07 Å². The number of carbonyl (C=O) groups excluding carboxylic acids is 1. The van der Waals surface area contributed by atoms with Gasteiger partial charge in [0.25, 0.3) is 0 Å². The van der Waals surface area contributed by atoms with Crippen molar-refractivity contribution < 1.29 is 9.18 Å². The highest BCUT2D eigenvalue weighted by molar-refractivity contribution is 9.10. The molecule has 0 heterocycles. The van der Waals surface area contributed by atoms with E-state index in [1.807, 2.05) is 0 Å². The SMILES string of the molecule is O=C(CCl)c1ccc(F)c(Br)c1Cl. The van der Waals surface area contributed by atoms with Gasteiger partial charge in [0.05, 0.1) is 15.4 Å². The summed E-state index contributed by atoms with van der Waals surface area (Å²) >= 11 is 14.0. The third-order valence-electron chi connectivity index (χ3n) is 1.46. The van der Waals surface area contributed by atoms with E-state index >= 15 is 0 Å². The van der Waals surface area contributed by atoms with Gasteiger partial charge in [-0.15, -0.1) is 11.6 Å². The maximum Gasteiger partial charge on any atom is 0.179 e. The second kappa shape index (κ2) is 4.40. The summed E-state index contributed by atoms with van der Waals surface area (Å²) in [5.74, 6) is -0.999. The molecule has 70 valence electrons. The van der Waals surface area contributed by atoms with Crippen LogP contribution < -0.4 is 0 Å². The molecule has 0 fully saturated rings. The summed E-state index contributed by atoms with van der Waals surface area (Å²) in [6, 6.07) is 2.48. The van der Waals surface area contributed by atoms with Crippen molar-refractivity contribution in [3.8, 4) is 0 Å². The van der Waals surface area contributed by atoms with Crippen LogP contribution in [0.25, 0.3) is 0 Å². The predicted molar refractivity (Wildman–Crippen MR) is 54.2 cm³/mol. The van der Waals surface area contributed by atoms with Gasteiger partial charge in [0, 0.05) is 5.56 Å². The van der Waals surface area contributed by atoms with Crippen molar-refractivity contribution in [1.29, 1.82) is 0 Å². The number of rotatable bonds is 2. The molecule has 0 aliphatic heterocycles. The number of Topliss-reactive ketones (excluding diaryl/α,β-unsaturated/α-hetero) is 1. The van der Waals surface area contributed by atoms with E-state index in [9.17, 15) is 9.18 Å². The van der Waals surface area contributed by atoms with Crippen LogP contribution in [0.2, 0.25) is 5.02 Å². The van der Waals surface area contributed by atoms with Crippen molar-refractivity contribution in [3.05, 3.63) is 33.0 Å². The van der Waals surface area contributed by atoms with Gasteiger partial charge in [0.2, 0.25) is 0 Å². The van der Waals surface area contributed by atoms with Crippen molar-refractivity contribution in [2.45, 2.75) is 0 Å². The number of hydrogen-bond acceptors (Lipinski definition) is 1. The molecule has 13 heavy (non-hydrogen) atoms. The maximum absolute atomic E-state index is 12.9. The fourth-order valence-corrected chi connectivity index (χ4v) is 1.56. The molecule has 1 aromatic carbocycles. The van der Waals surface area contributed by atoms with Crippen LogP contribution in [-0.4, -0.2) is 11.7 Å². The van der Waals surface area contributed by atoms with Gasteiger partial charge in [0.15, 0.2) is 5.78 Å². The van der Waals surface area contributed by atoms with Gasteiger partial charge in [-0.25, -0.2) is 4.39 Å². The summed E-state index contributed by atoms with van der Waals surface area (Å²) in [7, 11) is 0. The van der Waals surface area contributed by atoms with Gasteiger partial charge in [-0.2, -0.15) is 0 Å². The average molecular weight is 286 g/mol. The fourth-order valence-electron chi connectivity index (χ4n) is 0.813. The van der Waals surface area contributed by atoms with Crippen LogP contribution in [0.3, 0.4) is 0 Å². The van der Waals surface area contributed by atoms with E-state index in [2.05, 4.69) is 15.9 Å². The highest BCUT2D eigenvalue weighted by Crippen LogP contribution is 2.29. The number of ketones is 1. The minimum atomic E-state index is -0.504. The van der Waals surface area contributed by atoms with E-state index < -0.39 is 5.82 Å². The fraction of sp³-hybridized carbons (Fsp3) is 0.125. The van der Waals surface area contributed by atoms with Crippen molar-refractivity contribution in [2.75, 3.05) is 5.88 Å². The third-order valence-corrected chi connectivity index (χ3v) is 3.10. The van der Waals surface area contributed by atoms with Gasteiger partial charge < -0.3 is 0 Å². The molecule has 0 spiro atoms. The monoisotopic (exact) mass is 284 g/mol. The molecule has 0 amide bonds. The van der Waals surface area contributed by atoms with Crippen LogP contribution in [0.1, 0.15) is 10.4 Å². The standard InChI is InChI=1S/C8H4BrCl2FO/c9-7-5(12)2-1-4(8(7)11)6(13)3-10/h1-2H,3H2. The lowest BCUT2D eigenvalue weighted by Gasteiger charge is -2.03.